The second-order valence-electron chi connectivity index (χ2n) is 6.26. The molecule has 4 nitrogen and oxygen atoms in total. The van der Waals surface area contributed by atoms with E-state index in [0.717, 1.165) is 17.0 Å². The van der Waals surface area contributed by atoms with Gasteiger partial charge in [-0.15, -0.1) is 0 Å². The number of hydrogen-bond donors (Lipinski definition) is 1. The van der Waals surface area contributed by atoms with Crippen molar-refractivity contribution in [3.63, 3.8) is 0 Å². The third-order valence-electron chi connectivity index (χ3n) is 4.96. The largest absolute Gasteiger partial charge is 0.360 e. The Morgan fingerprint density at radius 3 is 2.75 bits per heavy atom. The molecule has 1 N–H and O–H groups in total. The lowest BCUT2D eigenvalue weighted by Crippen LogP contribution is -2.28. The van der Waals surface area contributed by atoms with Crippen LogP contribution in [0, 0.1) is 5.82 Å². The highest BCUT2D eigenvalue weighted by molar-refractivity contribution is 9.10. The Morgan fingerprint density at radius 2 is 2.04 bits per heavy atom. The summed E-state index contributed by atoms with van der Waals surface area (Å²) in [6.07, 6.45) is 1.13. The normalized spacial score (nSPS) is 23.0. The third kappa shape index (κ3) is 2.16. The zero-order valence-electron chi connectivity index (χ0n) is 13.2. The zero-order chi connectivity index (χ0) is 17.0. The minimum Gasteiger partial charge on any atom is -0.360 e. The Morgan fingerprint density at radius 1 is 1.25 bits per heavy atom. The molecule has 124 valence electrons. The lowest BCUT2D eigenvalue weighted by molar-refractivity contribution is -0.125. The van der Waals surface area contributed by atoms with Gasteiger partial charge in [-0.2, -0.15) is 0 Å². The lowest BCUT2D eigenvalue weighted by atomic mass is 9.81. The Hall–Kier alpha value is -1.95. The minimum atomic E-state index is -0.410. The summed E-state index contributed by atoms with van der Waals surface area (Å²) < 4.78 is 14.0. The molecule has 24 heavy (non-hydrogen) atoms. The van der Waals surface area contributed by atoms with E-state index in [0.29, 0.717) is 41.6 Å². The predicted molar refractivity (Wildman–Crippen MR) is 90.5 cm³/mol. The number of allylic oxidation sites excluding steroid dienone is 2. The molecule has 3 aliphatic rings. The first-order chi connectivity index (χ1) is 11.5. The summed E-state index contributed by atoms with van der Waals surface area (Å²) in [6.45, 7) is 3.09. The average Bonchev–Trinajstić information content (AvgIpc) is 3.09. The highest BCUT2D eigenvalue weighted by atomic mass is 79.9. The van der Waals surface area contributed by atoms with E-state index in [9.17, 15) is 14.0 Å². The van der Waals surface area contributed by atoms with Gasteiger partial charge in [0.2, 0.25) is 0 Å². The van der Waals surface area contributed by atoms with E-state index in [1.165, 1.54) is 6.07 Å². The SMILES string of the molecule is CCN1CC2=C(C1=O)C(c1ccc(F)c(Br)c1)C1=C(CCC1=O)N2. The van der Waals surface area contributed by atoms with Crippen molar-refractivity contribution in [3.8, 4) is 0 Å². The number of rotatable bonds is 2. The molecule has 1 unspecified atom stereocenters. The summed E-state index contributed by atoms with van der Waals surface area (Å²) in [5.41, 5.74) is 3.85. The summed E-state index contributed by atoms with van der Waals surface area (Å²) in [4.78, 5) is 27.0. The number of hydrogen-bond acceptors (Lipinski definition) is 3. The quantitative estimate of drug-likeness (QED) is 0.844. The number of nitrogens with one attached hydrogen (secondary N) is 1. The number of carbonyl (C=O) groups is 2. The van der Waals surface area contributed by atoms with E-state index < -0.39 is 5.92 Å². The van der Waals surface area contributed by atoms with Gasteiger partial charge in [-0.1, -0.05) is 6.07 Å². The number of halogens is 2. The van der Waals surface area contributed by atoms with Crippen LogP contribution in [0.15, 0.2) is 45.2 Å². The molecule has 0 fully saturated rings. The van der Waals surface area contributed by atoms with Gasteiger partial charge < -0.3 is 10.2 Å². The third-order valence-corrected chi connectivity index (χ3v) is 5.56. The fourth-order valence-electron chi connectivity index (χ4n) is 3.80. The molecule has 0 spiro atoms. The molecule has 1 aromatic rings. The summed E-state index contributed by atoms with van der Waals surface area (Å²) in [5.74, 6) is -0.747. The molecular formula is C18H16BrFN2O2. The Kier molecular flexibility index (Phi) is 3.60. The first kappa shape index (κ1) is 15.6. The van der Waals surface area contributed by atoms with E-state index in [1.54, 1.807) is 17.0 Å². The molecule has 0 saturated heterocycles. The standard InChI is InChI=1S/C18H16BrFN2O2/c1-2-22-8-13-17(18(22)24)15(9-3-4-11(20)10(19)7-9)16-12(21-13)5-6-14(16)23/h3-4,7,15,21H,2,5-6,8H2,1H3. The van der Waals surface area contributed by atoms with E-state index in [1.807, 2.05) is 6.92 Å². The number of likely N-dealkylation sites (N-methyl/N-ethyl adjacent to an activating group) is 1. The fraction of sp³-hybridized carbons (Fsp3) is 0.333. The molecule has 2 heterocycles. The first-order valence-electron chi connectivity index (χ1n) is 8.01. The maximum atomic E-state index is 13.6. The minimum absolute atomic E-state index is 0.0447. The first-order valence-corrected chi connectivity index (χ1v) is 8.81. The molecule has 1 aromatic carbocycles. The Balaban J connectivity index is 1.88. The van der Waals surface area contributed by atoms with Crippen LogP contribution < -0.4 is 5.32 Å². The van der Waals surface area contributed by atoms with Gasteiger partial charge in [-0.05, 0) is 47.0 Å². The number of carbonyl (C=O) groups excluding carboxylic acids is 2. The molecule has 1 aliphatic carbocycles. The average molecular weight is 391 g/mol. The molecule has 1 amide bonds. The molecule has 2 aliphatic heterocycles. The van der Waals surface area contributed by atoms with Crippen LogP contribution in [0.2, 0.25) is 0 Å². The fourth-order valence-corrected chi connectivity index (χ4v) is 4.20. The molecule has 0 saturated carbocycles. The molecule has 6 heteroatoms. The second-order valence-corrected chi connectivity index (χ2v) is 7.11. The number of dihydropyridines is 1. The number of benzene rings is 1. The summed E-state index contributed by atoms with van der Waals surface area (Å²) in [7, 11) is 0. The predicted octanol–water partition coefficient (Wildman–Crippen LogP) is 3.01. The van der Waals surface area contributed by atoms with E-state index in [-0.39, 0.29) is 17.5 Å². The van der Waals surface area contributed by atoms with Crippen molar-refractivity contribution in [2.75, 3.05) is 13.1 Å². The molecule has 0 bridgehead atoms. The van der Waals surface area contributed by atoms with Gasteiger partial charge in [0, 0.05) is 35.9 Å². The van der Waals surface area contributed by atoms with Gasteiger partial charge in [0.25, 0.3) is 5.91 Å². The molecule has 1 atom stereocenters. The number of Topliss-reactive ketones (excluding diaryl/α,β-unsaturated/α-hetero) is 1. The number of ketones is 1. The Bertz CT molecular complexity index is 843. The van der Waals surface area contributed by atoms with Gasteiger partial charge in [0.15, 0.2) is 5.78 Å². The van der Waals surface area contributed by atoms with Gasteiger partial charge >= 0.3 is 0 Å². The van der Waals surface area contributed by atoms with E-state index in [4.69, 9.17) is 0 Å². The van der Waals surface area contributed by atoms with Gasteiger partial charge in [0.1, 0.15) is 5.82 Å². The van der Waals surface area contributed by atoms with Crippen LogP contribution in [0.3, 0.4) is 0 Å². The molecule has 0 aromatic heterocycles. The van der Waals surface area contributed by atoms with Crippen LogP contribution in [0.4, 0.5) is 4.39 Å². The number of nitrogens with zero attached hydrogens (tertiary/aromatic N) is 1. The van der Waals surface area contributed by atoms with Crippen molar-refractivity contribution >= 4 is 27.6 Å². The summed E-state index contributed by atoms with van der Waals surface area (Å²) >= 11 is 3.21. The molecular weight excluding hydrogens is 375 g/mol. The monoisotopic (exact) mass is 390 g/mol. The maximum Gasteiger partial charge on any atom is 0.252 e. The van der Waals surface area contributed by atoms with Crippen LogP contribution in [0.1, 0.15) is 31.2 Å². The van der Waals surface area contributed by atoms with Crippen molar-refractivity contribution < 1.29 is 14.0 Å². The maximum absolute atomic E-state index is 13.6. The van der Waals surface area contributed by atoms with Crippen LogP contribution in [0.5, 0.6) is 0 Å². The van der Waals surface area contributed by atoms with E-state index >= 15 is 0 Å². The lowest BCUT2D eigenvalue weighted by Gasteiger charge is -2.26. The van der Waals surface area contributed by atoms with Crippen LogP contribution in [0.25, 0.3) is 0 Å². The van der Waals surface area contributed by atoms with Crippen molar-refractivity contribution in [3.05, 3.63) is 56.6 Å². The molecule has 4 rings (SSSR count). The second kappa shape index (κ2) is 5.55. The van der Waals surface area contributed by atoms with Crippen LogP contribution >= 0.6 is 15.9 Å². The summed E-state index contributed by atoms with van der Waals surface area (Å²) in [6, 6.07) is 4.71. The number of amides is 1. The zero-order valence-corrected chi connectivity index (χ0v) is 14.7. The van der Waals surface area contributed by atoms with Crippen molar-refractivity contribution in [1.29, 1.82) is 0 Å². The van der Waals surface area contributed by atoms with Crippen LogP contribution in [-0.2, 0) is 9.59 Å². The highest BCUT2D eigenvalue weighted by Crippen LogP contribution is 2.45. The van der Waals surface area contributed by atoms with Gasteiger partial charge in [-0.3, -0.25) is 9.59 Å². The van der Waals surface area contributed by atoms with Crippen molar-refractivity contribution in [1.82, 2.24) is 10.2 Å². The van der Waals surface area contributed by atoms with E-state index in [2.05, 4.69) is 21.2 Å². The Labute approximate surface area is 147 Å². The summed E-state index contributed by atoms with van der Waals surface area (Å²) in [5, 5.41) is 3.32. The van der Waals surface area contributed by atoms with Crippen LogP contribution in [-0.4, -0.2) is 29.7 Å². The van der Waals surface area contributed by atoms with Gasteiger partial charge in [0.05, 0.1) is 16.6 Å². The van der Waals surface area contributed by atoms with Crippen molar-refractivity contribution in [2.24, 2.45) is 0 Å². The topological polar surface area (TPSA) is 49.4 Å². The smallest absolute Gasteiger partial charge is 0.252 e. The van der Waals surface area contributed by atoms with Gasteiger partial charge in [-0.25, -0.2) is 4.39 Å². The molecule has 0 radical (unpaired) electrons. The van der Waals surface area contributed by atoms with Crippen molar-refractivity contribution in [2.45, 2.75) is 25.7 Å². The highest BCUT2D eigenvalue weighted by Gasteiger charge is 2.44.